The van der Waals surface area contributed by atoms with Crippen LogP contribution in [0.2, 0.25) is 10.0 Å². The zero-order chi connectivity index (χ0) is 26.2. The minimum atomic E-state index is -0.729. The van der Waals surface area contributed by atoms with Gasteiger partial charge in [0, 0.05) is 30.1 Å². The lowest BCUT2D eigenvalue weighted by molar-refractivity contribution is -0.137. The molecule has 2 aromatic carbocycles. The lowest BCUT2D eigenvalue weighted by Gasteiger charge is -2.38. The van der Waals surface area contributed by atoms with Gasteiger partial charge in [0.25, 0.3) is 0 Å². The highest BCUT2D eigenvalue weighted by Crippen LogP contribution is 2.32. The van der Waals surface area contributed by atoms with Gasteiger partial charge in [0.2, 0.25) is 0 Å². The summed E-state index contributed by atoms with van der Waals surface area (Å²) in [5, 5.41) is 11.5. The smallest absolute Gasteiger partial charge is 0.303 e. The number of nitrogens with zero attached hydrogens (tertiary/aromatic N) is 2. The predicted molar refractivity (Wildman–Crippen MR) is 149 cm³/mol. The number of ether oxygens (including phenoxy) is 1. The van der Waals surface area contributed by atoms with E-state index in [1.807, 2.05) is 24.4 Å². The van der Waals surface area contributed by atoms with Crippen molar-refractivity contribution in [1.82, 2.24) is 9.88 Å². The summed E-state index contributed by atoms with van der Waals surface area (Å²) in [7, 11) is 1.68. The van der Waals surface area contributed by atoms with E-state index >= 15 is 0 Å². The summed E-state index contributed by atoms with van der Waals surface area (Å²) in [6.07, 6.45) is 6.95. The van der Waals surface area contributed by atoms with E-state index in [1.165, 1.54) is 5.56 Å². The molecule has 4 rings (SSSR count). The van der Waals surface area contributed by atoms with Gasteiger partial charge >= 0.3 is 5.97 Å². The second-order valence-corrected chi connectivity index (χ2v) is 10.5. The molecule has 1 fully saturated rings. The Hall–Kier alpha value is -2.78. The molecular formula is C30H32Cl2N2O3. The zero-order valence-electron chi connectivity index (χ0n) is 21.1. The molecule has 7 heteroatoms. The first kappa shape index (κ1) is 27.3. The van der Waals surface area contributed by atoms with Crippen LogP contribution < -0.4 is 4.74 Å². The standard InChI is InChI=1S/C30H32Cl2N2O3/c1-37-25-9-11-29-26(19-25)23(13-15-33-29)6-2-5-22-14-17-34(20-24(22)8-12-30(35)36)16-3-4-21-7-10-27(31)28(32)18-21/h7,9-11,13,15,18-19,22,24H,2,5-6,8,12,14,16-17,20H2,1H3,(H,35,36)/t22-,24+/m1/s1. The number of rotatable bonds is 9. The zero-order valence-corrected chi connectivity index (χ0v) is 22.6. The van der Waals surface area contributed by atoms with Crippen LogP contribution in [0.5, 0.6) is 5.75 Å². The number of halogens is 2. The fourth-order valence-electron chi connectivity index (χ4n) is 5.22. The van der Waals surface area contributed by atoms with Crippen LogP contribution in [-0.4, -0.2) is 47.7 Å². The number of likely N-dealkylation sites (tertiary alicyclic amines) is 1. The maximum Gasteiger partial charge on any atom is 0.303 e. The number of methoxy groups -OCH3 is 1. The molecule has 1 saturated heterocycles. The molecule has 1 N–H and O–H groups in total. The molecule has 0 unspecified atom stereocenters. The average Bonchev–Trinajstić information content (AvgIpc) is 2.90. The Balaban J connectivity index is 1.36. The molecule has 5 nitrogen and oxygen atoms in total. The van der Waals surface area contributed by atoms with Crippen molar-refractivity contribution in [3.63, 3.8) is 0 Å². The Morgan fingerprint density at radius 3 is 2.78 bits per heavy atom. The van der Waals surface area contributed by atoms with Gasteiger partial charge in [-0.1, -0.05) is 35.0 Å². The molecule has 2 atom stereocenters. The lowest BCUT2D eigenvalue weighted by Crippen LogP contribution is -2.41. The van der Waals surface area contributed by atoms with Crippen molar-refractivity contribution < 1.29 is 14.6 Å². The van der Waals surface area contributed by atoms with Gasteiger partial charge in [-0.15, -0.1) is 0 Å². The second-order valence-electron chi connectivity index (χ2n) is 9.65. The maximum absolute atomic E-state index is 11.3. The quantitative estimate of drug-likeness (QED) is 0.306. The molecular weight excluding hydrogens is 507 g/mol. The molecule has 0 amide bonds. The van der Waals surface area contributed by atoms with Gasteiger partial charge in [-0.2, -0.15) is 0 Å². The number of piperidine rings is 1. The van der Waals surface area contributed by atoms with E-state index in [1.54, 1.807) is 19.2 Å². The van der Waals surface area contributed by atoms with Crippen molar-refractivity contribution in [3.8, 4) is 17.6 Å². The number of aryl methyl sites for hydroxylation is 1. The van der Waals surface area contributed by atoms with Crippen LogP contribution in [0.15, 0.2) is 48.7 Å². The number of benzene rings is 2. The number of carboxylic acid groups (broad SMARTS) is 1. The molecule has 0 spiro atoms. The van der Waals surface area contributed by atoms with E-state index in [0.717, 1.165) is 61.0 Å². The van der Waals surface area contributed by atoms with E-state index in [9.17, 15) is 9.90 Å². The van der Waals surface area contributed by atoms with Gasteiger partial charge in [-0.05, 0) is 98.5 Å². The van der Waals surface area contributed by atoms with Crippen LogP contribution >= 0.6 is 23.2 Å². The fourth-order valence-corrected chi connectivity index (χ4v) is 5.52. The number of hydrogen-bond acceptors (Lipinski definition) is 4. The van der Waals surface area contributed by atoms with E-state index < -0.39 is 5.97 Å². The van der Waals surface area contributed by atoms with Crippen LogP contribution in [0, 0.1) is 23.7 Å². The number of aromatic nitrogens is 1. The van der Waals surface area contributed by atoms with Crippen LogP contribution in [0.25, 0.3) is 10.9 Å². The SMILES string of the molecule is COc1ccc2nccc(CCC[C@@H]3CCN(CC#Cc4ccc(Cl)c(Cl)c4)C[C@@H]3CCC(=O)O)c2c1. The number of carboxylic acids is 1. The van der Waals surface area contributed by atoms with E-state index in [-0.39, 0.29) is 6.42 Å². The highest BCUT2D eigenvalue weighted by Gasteiger charge is 2.29. The Morgan fingerprint density at radius 2 is 2.00 bits per heavy atom. The molecule has 194 valence electrons. The Labute approximate surface area is 228 Å². The Bertz CT molecular complexity index is 1300. The van der Waals surface area contributed by atoms with Crippen molar-refractivity contribution in [2.75, 3.05) is 26.7 Å². The molecule has 0 bridgehead atoms. The third-order valence-electron chi connectivity index (χ3n) is 7.22. The van der Waals surface area contributed by atoms with Gasteiger partial charge < -0.3 is 9.84 Å². The van der Waals surface area contributed by atoms with Crippen molar-refractivity contribution in [2.45, 2.75) is 38.5 Å². The number of aliphatic carboxylic acids is 1. The predicted octanol–water partition coefficient (Wildman–Crippen LogP) is 6.73. The lowest BCUT2D eigenvalue weighted by atomic mass is 9.79. The molecule has 1 aliphatic rings. The van der Waals surface area contributed by atoms with Crippen molar-refractivity contribution in [1.29, 1.82) is 0 Å². The molecule has 3 aromatic rings. The summed E-state index contributed by atoms with van der Waals surface area (Å²) in [5.74, 6) is 7.40. The minimum absolute atomic E-state index is 0.207. The van der Waals surface area contributed by atoms with Gasteiger partial charge in [0.1, 0.15) is 5.75 Å². The monoisotopic (exact) mass is 538 g/mol. The number of pyridine rings is 1. The van der Waals surface area contributed by atoms with Crippen molar-refractivity contribution >= 4 is 40.1 Å². The third-order valence-corrected chi connectivity index (χ3v) is 7.96. The molecule has 1 aromatic heterocycles. The minimum Gasteiger partial charge on any atom is -0.497 e. The van der Waals surface area contributed by atoms with Crippen LogP contribution in [-0.2, 0) is 11.2 Å². The van der Waals surface area contributed by atoms with Gasteiger partial charge in [0.15, 0.2) is 0 Å². The summed E-state index contributed by atoms with van der Waals surface area (Å²) >= 11 is 12.1. The van der Waals surface area contributed by atoms with Gasteiger partial charge in [0.05, 0.1) is 29.2 Å². The first-order valence-corrected chi connectivity index (χ1v) is 13.5. The normalized spacial score (nSPS) is 17.8. The molecule has 1 aliphatic heterocycles. The molecule has 0 saturated carbocycles. The summed E-state index contributed by atoms with van der Waals surface area (Å²) in [6.45, 7) is 2.50. The van der Waals surface area contributed by atoms with Gasteiger partial charge in [-0.3, -0.25) is 14.7 Å². The molecule has 2 heterocycles. The van der Waals surface area contributed by atoms with Crippen molar-refractivity contribution in [2.24, 2.45) is 11.8 Å². The molecule has 0 radical (unpaired) electrons. The summed E-state index contributed by atoms with van der Waals surface area (Å²) in [6, 6.07) is 13.5. The highest BCUT2D eigenvalue weighted by atomic mass is 35.5. The number of fused-ring (bicyclic) bond motifs is 1. The number of hydrogen-bond donors (Lipinski definition) is 1. The third kappa shape index (κ3) is 7.61. The van der Waals surface area contributed by atoms with Crippen LogP contribution in [0.3, 0.4) is 0 Å². The Morgan fingerprint density at radius 1 is 1.14 bits per heavy atom. The Kier molecular flexibility index (Phi) is 9.68. The highest BCUT2D eigenvalue weighted by molar-refractivity contribution is 6.42. The average molecular weight is 540 g/mol. The summed E-state index contributed by atoms with van der Waals surface area (Å²) < 4.78 is 5.41. The summed E-state index contributed by atoms with van der Waals surface area (Å²) in [4.78, 5) is 18.1. The fraction of sp³-hybridized carbons (Fsp3) is 0.400. The van der Waals surface area contributed by atoms with E-state index in [2.05, 4.69) is 33.9 Å². The molecule has 37 heavy (non-hydrogen) atoms. The molecule has 0 aliphatic carbocycles. The first-order chi connectivity index (χ1) is 17.9. The van der Waals surface area contributed by atoms with Crippen LogP contribution in [0.4, 0.5) is 0 Å². The van der Waals surface area contributed by atoms with Crippen molar-refractivity contribution in [3.05, 3.63) is 69.8 Å². The second kappa shape index (κ2) is 13.1. The summed E-state index contributed by atoms with van der Waals surface area (Å²) in [5.41, 5.74) is 3.10. The van der Waals surface area contributed by atoms with Gasteiger partial charge in [-0.25, -0.2) is 0 Å². The largest absolute Gasteiger partial charge is 0.497 e. The number of carbonyl (C=O) groups is 1. The topological polar surface area (TPSA) is 62.7 Å². The van der Waals surface area contributed by atoms with Crippen LogP contribution in [0.1, 0.15) is 43.2 Å². The van der Waals surface area contributed by atoms with E-state index in [4.69, 9.17) is 27.9 Å². The first-order valence-electron chi connectivity index (χ1n) is 12.7. The van der Waals surface area contributed by atoms with E-state index in [0.29, 0.717) is 34.8 Å². The maximum atomic E-state index is 11.3.